The quantitative estimate of drug-likeness (QED) is 0.849. The van der Waals surface area contributed by atoms with Crippen molar-refractivity contribution in [1.82, 2.24) is 10.2 Å². The molecular formula is C14H19N3O3. The van der Waals surface area contributed by atoms with Crippen LogP contribution in [-0.2, 0) is 4.79 Å². The lowest BCUT2D eigenvalue weighted by molar-refractivity contribution is -0.118. The Morgan fingerprint density at radius 2 is 2.30 bits per heavy atom. The molecule has 2 aliphatic rings. The van der Waals surface area contributed by atoms with Gasteiger partial charge >= 0.3 is 0 Å². The van der Waals surface area contributed by atoms with E-state index in [0.29, 0.717) is 18.3 Å². The smallest absolute Gasteiger partial charge is 0.238 e. The SMILES string of the molecule is CC1CNCCN1CC(=O)Nc1ccc2c(c1)OCO2. The van der Waals surface area contributed by atoms with E-state index < -0.39 is 0 Å². The molecule has 1 amide bonds. The van der Waals surface area contributed by atoms with Crippen molar-refractivity contribution in [1.29, 1.82) is 0 Å². The van der Waals surface area contributed by atoms with Crippen molar-refractivity contribution in [3.63, 3.8) is 0 Å². The van der Waals surface area contributed by atoms with Crippen molar-refractivity contribution < 1.29 is 14.3 Å². The average molecular weight is 277 g/mol. The lowest BCUT2D eigenvalue weighted by atomic mass is 10.2. The van der Waals surface area contributed by atoms with E-state index in [2.05, 4.69) is 22.5 Å². The largest absolute Gasteiger partial charge is 0.454 e. The van der Waals surface area contributed by atoms with Gasteiger partial charge in [0.15, 0.2) is 11.5 Å². The van der Waals surface area contributed by atoms with Gasteiger partial charge < -0.3 is 20.1 Å². The van der Waals surface area contributed by atoms with Crippen LogP contribution in [0.25, 0.3) is 0 Å². The molecule has 0 bridgehead atoms. The average Bonchev–Trinajstić information content (AvgIpc) is 2.89. The lowest BCUT2D eigenvalue weighted by Crippen LogP contribution is -2.51. The number of anilines is 1. The van der Waals surface area contributed by atoms with Gasteiger partial charge in [-0.2, -0.15) is 0 Å². The summed E-state index contributed by atoms with van der Waals surface area (Å²) in [6.45, 7) is 5.54. The number of ether oxygens (including phenoxy) is 2. The number of hydrogen-bond acceptors (Lipinski definition) is 5. The maximum Gasteiger partial charge on any atom is 0.238 e. The molecule has 20 heavy (non-hydrogen) atoms. The van der Waals surface area contributed by atoms with E-state index in [0.717, 1.165) is 31.1 Å². The molecule has 1 saturated heterocycles. The van der Waals surface area contributed by atoms with Crippen LogP contribution < -0.4 is 20.1 Å². The summed E-state index contributed by atoms with van der Waals surface area (Å²) in [7, 11) is 0. The zero-order valence-electron chi connectivity index (χ0n) is 11.5. The Bertz CT molecular complexity index is 506. The summed E-state index contributed by atoms with van der Waals surface area (Å²) >= 11 is 0. The number of hydrogen-bond donors (Lipinski definition) is 2. The minimum absolute atomic E-state index is 0.00221. The van der Waals surface area contributed by atoms with Gasteiger partial charge in [0.2, 0.25) is 12.7 Å². The van der Waals surface area contributed by atoms with Crippen LogP contribution in [0.4, 0.5) is 5.69 Å². The minimum atomic E-state index is -0.00221. The van der Waals surface area contributed by atoms with E-state index >= 15 is 0 Å². The Labute approximate surface area is 118 Å². The van der Waals surface area contributed by atoms with Gasteiger partial charge in [-0.3, -0.25) is 9.69 Å². The number of nitrogens with one attached hydrogen (secondary N) is 2. The number of carbonyl (C=O) groups excluding carboxylic acids is 1. The first-order valence-electron chi connectivity index (χ1n) is 6.86. The summed E-state index contributed by atoms with van der Waals surface area (Å²) in [6.07, 6.45) is 0. The van der Waals surface area contributed by atoms with E-state index in [9.17, 15) is 4.79 Å². The zero-order chi connectivity index (χ0) is 13.9. The normalized spacial score (nSPS) is 21.8. The Balaban J connectivity index is 1.58. The van der Waals surface area contributed by atoms with Crippen LogP contribution in [0.1, 0.15) is 6.92 Å². The monoisotopic (exact) mass is 277 g/mol. The van der Waals surface area contributed by atoms with Crippen LogP contribution in [0.2, 0.25) is 0 Å². The van der Waals surface area contributed by atoms with Gasteiger partial charge in [0.05, 0.1) is 6.54 Å². The number of carbonyl (C=O) groups is 1. The van der Waals surface area contributed by atoms with Gasteiger partial charge in [-0.05, 0) is 19.1 Å². The summed E-state index contributed by atoms with van der Waals surface area (Å²) in [6, 6.07) is 5.81. The highest BCUT2D eigenvalue weighted by molar-refractivity contribution is 5.92. The molecule has 0 aromatic heterocycles. The van der Waals surface area contributed by atoms with Crippen molar-refractivity contribution in [2.75, 3.05) is 38.3 Å². The fourth-order valence-electron chi connectivity index (χ4n) is 2.48. The second-order valence-electron chi connectivity index (χ2n) is 5.14. The van der Waals surface area contributed by atoms with Gasteiger partial charge in [0, 0.05) is 37.4 Å². The first kappa shape index (κ1) is 13.2. The predicted octanol–water partition coefficient (Wildman–Crippen LogP) is 0.647. The Hall–Kier alpha value is -1.79. The topological polar surface area (TPSA) is 62.8 Å². The molecule has 1 unspecified atom stereocenters. The highest BCUT2D eigenvalue weighted by Gasteiger charge is 2.20. The molecule has 1 fully saturated rings. The standard InChI is InChI=1S/C14H19N3O3/c1-10-7-15-4-5-17(10)8-14(18)16-11-2-3-12-13(6-11)20-9-19-12/h2-3,6,10,15H,4-5,7-9H2,1H3,(H,16,18). The molecule has 6 nitrogen and oxygen atoms in total. The summed E-state index contributed by atoms with van der Waals surface area (Å²) < 4.78 is 10.5. The highest BCUT2D eigenvalue weighted by Crippen LogP contribution is 2.34. The molecule has 2 N–H and O–H groups in total. The molecular weight excluding hydrogens is 258 g/mol. The number of nitrogens with zero attached hydrogens (tertiary/aromatic N) is 1. The third-order valence-electron chi connectivity index (χ3n) is 3.64. The first-order valence-corrected chi connectivity index (χ1v) is 6.86. The third kappa shape index (κ3) is 2.86. The maximum atomic E-state index is 12.1. The summed E-state index contributed by atoms with van der Waals surface area (Å²) in [5, 5.41) is 6.21. The van der Waals surface area contributed by atoms with Crippen molar-refractivity contribution in [2.45, 2.75) is 13.0 Å². The van der Waals surface area contributed by atoms with Crippen LogP contribution in [0, 0.1) is 0 Å². The molecule has 3 rings (SSSR count). The minimum Gasteiger partial charge on any atom is -0.454 e. The van der Waals surface area contributed by atoms with E-state index in [1.54, 1.807) is 6.07 Å². The van der Waals surface area contributed by atoms with E-state index in [-0.39, 0.29) is 12.7 Å². The number of benzene rings is 1. The van der Waals surface area contributed by atoms with E-state index in [1.165, 1.54) is 0 Å². The van der Waals surface area contributed by atoms with E-state index in [1.807, 2.05) is 12.1 Å². The van der Waals surface area contributed by atoms with Crippen molar-refractivity contribution in [2.24, 2.45) is 0 Å². The summed E-state index contributed by atoms with van der Waals surface area (Å²) in [5.74, 6) is 1.40. The van der Waals surface area contributed by atoms with Gasteiger partial charge in [0.1, 0.15) is 0 Å². The Morgan fingerprint density at radius 3 is 3.15 bits per heavy atom. The molecule has 1 aromatic carbocycles. The van der Waals surface area contributed by atoms with Crippen LogP contribution in [0.15, 0.2) is 18.2 Å². The number of amides is 1. The number of rotatable bonds is 3. The molecule has 0 saturated carbocycles. The van der Waals surface area contributed by atoms with E-state index in [4.69, 9.17) is 9.47 Å². The molecule has 1 aromatic rings. The summed E-state index contributed by atoms with van der Waals surface area (Å²) in [4.78, 5) is 14.3. The molecule has 2 heterocycles. The zero-order valence-corrected chi connectivity index (χ0v) is 11.5. The molecule has 0 spiro atoms. The van der Waals surface area contributed by atoms with Crippen LogP contribution >= 0.6 is 0 Å². The molecule has 1 atom stereocenters. The maximum absolute atomic E-state index is 12.1. The van der Waals surface area contributed by atoms with Crippen molar-refractivity contribution >= 4 is 11.6 Å². The van der Waals surface area contributed by atoms with Gasteiger partial charge in [-0.25, -0.2) is 0 Å². The molecule has 2 aliphatic heterocycles. The third-order valence-corrected chi connectivity index (χ3v) is 3.64. The molecule has 0 radical (unpaired) electrons. The van der Waals surface area contributed by atoms with Gasteiger partial charge in [-0.1, -0.05) is 0 Å². The van der Waals surface area contributed by atoms with Crippen LogP contribution in [0.3, 0.4) is 0 Å². The summed E-state index contributed by atoms with van der Waals surface area (Å²) in [5.41, 5.74) is 0.738. The molecule has 0 aliphatic carbocycles. The second kappa shape index (κ2) is 5.68. The lowest BCUT2D eigenvalue weighted by Gasteiger charge is -2.33. The van der Waals surface area contributed by atoms with Crippen LogP contribution in [-0.4, -0.2) is 49.8 Å². The van der Waals surface area contributed by atoms with Gasteiger partial charge in [-0.15, -0.1) is 0 Å². The first-order chi connectivity index (χ1) is 9.72. The fraction of sp³-hybridized carbons (Fsp3) is 0.500. The second-order valence-corrected chi connectivity index (χ2v) is 5.14. The van der Waals surface area contributed by atoms with Crippen molar-refractivity contribution in [3.8, 4) is 11.5 Å². The Morgan fingerprint density at radius 1 is 1.45 bits per heavy atom. The fourth-order valence-corrected chi connectivity index (χ4v) is 2.48. The Kier molecular flexibility index (Phi) is 3.75. The molecule has 6 heteroatoms. The molecule has 108 valence electrons. The number of piperazine rings is 1. The number of fused-ring (bicyclic) bond motifs is 1. The van der Waals surface area contributed by atoms with Crippen molar-refractivity contribution in [3.05, 3.63) is 18.2 Å². The van der Waals surface area contributed by atoms with Crippen LogP contribution in [0.5, 0.6) is 11.5 Å². The van der Waals surface area contributed by atoms with Gasteiger partial charge in [0.25, 0.3) is 0 Å². The predicted molar refractivity (Wildman–Crippen MR) is 75.1 cm³/mol. The highest BCUT2D eigenvalue weighted by atomic mass is 16.7.